The van der Waals surface area contributed by atoms with Crippen molar-refractivity contribution >= 4 is 34.8 Å². The van der Waals surface area contributed by atoms with E-state index in [9.17, 15) is 4.79 Å². The SMILES string of the molecule is Cc1cc(C)c(OCC(=O)Nc2ccc(Cl)c(Cl)c2)c(C)c1. The third-order valence-corrected chi connectivity index (χ3v) is 3.89. The number of aryl methyl sites for hydroxylation is 3. The molecule has 116 valence electrons. The zero-order chi connectivity index (χ0) is 16.3. The Morgan fingerprint density at radius 2 is 1.68 bits per heavy atom. The molecule has 0 bridgehead atoms. The molecule has 3 nitrogen and oxygen atoms in total. The third-order valence-electron chi connectivity index (χ3n) is 3.16. The maximum atomic E-state index is 12.0. The van der Waals surface area contributed by atoms with Gasteiger partial charge >= 0.3 is 0 Å². The van der Waals surface area contributed by atoms with Crippen molar-refractivity contribution < 1.29 is 9.53 Å². The molecule has 1 amide bonds. The van der Waals surface area contributed by atoms with Gasteiger partial charge in [-0.25, -0.2) is 0 Å². The molecule has 2 aromatic rings. The van der Waals surface area contributed by atoms with Crippen molar-refractivity contribution in [3.8, 4) is 5.75 Å². The molecule has 1 N–H and O–H groups in total. The molecule has 2 aromatic carbocycles. The summed E-state index contributed by atoms with van der Waals surface area (Å²) >= 11 is 11.7. The Morgan fingerprint density at radius 1 is 1.05 bits per heavy atom. The van der Waals surface area contributed by atoms with Crippen LogP contribution in [0.1, 0.15) is 16.7 Å². The van der Waals surface area contributed by atoms with Crippen LogP contribution in [-0.4, -0.2) is 12.5 Å². The number of nitrogens with one attached hydrogen (secondary N) is 1. The standard InChI is InChI=1S/C17H17Cl2NO2/c1-10-6-11(2)17(12(3)7-10)22-9-16(21)20-13-4-5-14(18)15(19)8-13/h4-8H,9H2,1-3H3,(H,20,21). The van der Waals surface area contributed by atoms with Crippen LogP contribution in [0.15, 0.2) is 30.3 Å². The van der Waals surface area contributed by atoms with Gasteiger partial charge in [0.25, 0.3) is 5.91 Å². The van der Waals surface area contributed by atoms with Gasteiger partial charge in [0, 0.05) is 5.69 Å². The Labute approximate surface area is 140 Å². The predicted molar refractivity (Wildman–Crippen MR) is 91.2 cm³/mol. The summed E-state index contributed by atoms with van der Waals surface area (Å²) in [6.07, 6.45) is 0. The van der Waals surface area contributed by atoms with E-state index >= 15 is 0 Å². The Bertz CT molecular complexity index is 691. The first-order chi connectivity index (χ1) is 10.4. The second kappa shape index (κ2) is 7.03. The predicted octanol–water partition coefficient (Wildman–Crippen LogP) is 4.94. The lowest BCUT2D eigenvalue weighted by atomic mass is 10.1. The van der Waals surface area contributed by atoms with Gasteiger partial charge < -0.3 is 10.1 Å². The van der Waals surface area contributed by atoms with E-state index in [0.717, 1.165) is 16.9 Å². The van der Waals surface area contributed by atoms with Crippen LogP contribution in [0.5, 0.6) is 5.75 Å². The quantitative estimate of drug-likeness (QED) is 0.858. The average molecular weight is 338 g/mol. The van der Waals surface area contributed by atoms with E-state index in [1.807, 2.05) is 32.9 Å². The summed E-state index contributed by atoms with van der Waals surface area (Å²) in [5.41, 5.74) is 3.78. The van der Waals surface area contributed by atoms with Gasteiger partial charge in [-0.15, -0.1) is 0 Å². The van der Waals surface area contributed by atoms with Gasteiger partial charge in [-0.05, 0) is 50.1 Å². The number of amides is 1. The number of rotatable bonds is 4. The smallest absolute Gasteiger partial charge is 0.262 e. The number of ether oxygens (including phenoxy) is 1. The first-order valence-electron chi connectivity index (χ1n) is 6.82. The van der Waals surface area contributed by atoms with Gasteiger partial charge in [-0.1, -0.05) is 40.9 Å². The van der Waals surface area contributed by atoms with E-state index in [1.54, 1.807) is 18.2 Å². The molecule has 5 heteroatoms. The van der Waals surface area contributed by atoms with Gasteiger partial charge in [0.1, 0.15) is 5.75 Å². The second-order valence-electron chi connectivity index (χ2n) is 5.19. The highest BCUT2D eigenvalue weighted by Crippen LogP contribution is 2.26. The molecule has 0 aromatic heterocycles. The lowest BCUT2D eigenvalue weighted by molar-refractivity contribution is -0.118. The first-order valence-corrected chi connectivity index (χ1v) is 7.58. The molecule has 2 rings (SSSR count). The molecule has 0 fully saturated rings. The van der Waals surface area contributed by atoms with Gasteiger partial charge in [0.15, 0.2) is 6.61 Å². The van der Waals surface area contributed by atoms with Crippen LogP contribution in [0.4, 0.5) is 5.69 Å². The molecule has 0 aliphatic heterocycles. The number of carbonyl (C=O) groups is 1. The summed E-state index contributed by atoms with van der Waals surface area (Å²) in [5, 5.41) is 3.56. The minimum atomic E-state index is -0.252. The molecule has 22 heavy (non-hydrogen) atoms. The van der Waals surface area contributed by atoms with E-state index in [2.05, 4.69) is 5.32 Å². The van der Waals surface area contributed by atoms with E-state index < -0.39 is 0 Å². The molecule has 0 radical (unpaired) electrons. The first kappa shape index (κ1) is 16.7. The molecule has 0 aliphatic rings. The third kappa shape index (κ3) is 4.15. The van der Waals surface area contributed by atoms with E-state index in [4.69, 9.17) is 27.9 Å². The van der Waals surface area contributed by atoms with Crippen LogP contribution in [0.3, 0.4) is 0 Å². The topological polar surface area (TPSA) is 38.3 Å². The van der Waals surface area contributed by atoms with Crippen molar-refractivity contribution in [3.05, 3.63) is 57.1 Å². The number of carbonyl (C=O) groups excluding carboxylic acids is 1. The van der Waals surface area contributed by atoms with Gasteiger partial charge in [0.05, 0.1) is 10.0 Å². The Morgan fingerprint density at radius 3 is 2.27 bits per heavy atom. The fourth-order valence-electron chi connectivity index (χ4n) is 2.30. The van der Waals surface area contributed by atoms with Crippen LogP contribution in [0.25, 0.3) is 0 Å². The molecule has 0 spiro atoms. The van der Waals surface area contributed by atoms with Gasteiger partial charge in [-0.3, -0.25) is 4.79 Å². The van der Waals surface area contributed by atoms with Crippen LogP contribution in [-0.2, 0) is 4.79 Å². The Balaban J connectivity index is 2.00. The van der Waals surface area contributed by atoms with Crippen molar-refractivity contribution in [3.63, 3.8) is 0 Å². The lowest BCUT2D eigenvalue weighted by Gasteiger charge is -2.13. The number of benzene rings is 2. The zero-order valence-corrected chi connectivity index (χ0v) is 14.2. The van der Waals surface area contributed by atoms with Crippen molar-refractivity contribution in [1.29, 1.82) is 0 Å². The zero-order valence-electron chi connectivity index (χ0n) is 12.7. The molecule has 0 saturated heterocycles. The number of hydrogen-bond donors (Lipinski definition) is 1. The number of halogens is 2. The molecule has 0 saturated carbocycles. The molecule has 0 aliphatic carbocycles. The van der Waals surface area contributed by atoms with Crippen molar-refractivity contribution in [2.45, 2.75) is 20.8 Å². The minimum Gasteiger partial charge on any atom is -0.483 e. The molecule has 0 atom stereocenters. The van der Waals surface area contributed by atoms with Crippen LogP contribution < -0.4 is 10.1 Å². The van der Waals surface area contributed by atoms with Crippen molar-refractivity contribution in [1.82, 2.24) is 0 Å². The average Bonchev–Trinajstić information content (AvgIpc) is 2.41. The van der Waals surface area contributed by atoms with E-state index in [0.29, 0.717) is 15.7 Å². The normalized spacial score (nSPS) is 10.4. The molecule has 0 unspecified atom stereocenters. The monoisotopic (exact) mass is 337 g/mol. The summed E-state index contributed by atoms with van der Waals surface area (Å²) in [6, 6.07) is 8.98. The van der Waals surface area contributed by atoms with Crippen LogP contribution >= 0.6 is 23.2 Å². The summed E-state index contributed by atoms with van der Waals surface area (Å²) < 4.78 is 5.64. The summed E-state index contributed by atoms with van der Waals surface area (Å²) in [7, 11) is 0. The maximum absolute atomic E-state index is 12.0. The van der Waals surface area contributed by atoms with Crippen LogP contribution in [0, 0.1) is 20.8 Å². The minimum absolute atomic E-state index is 0.0645. The lowest BCUT2D eigenvalue weighted by Crippen LogP contribution is -2.20. The Kier molecular flexibility index (Phi) is 5.33. The summed E-state index contributed by atoms with van der Waals surface area (Å²) in [4.78, 5) is 12.0. The van der Waals surface area contributed by atoms with Crippen molar-refractivity contribution in [2.75, 3.05) is 11.9 Å². The second-order valence-corrected chi connectivity index (χ2v) is 6.01. The van der Waals surface area contributed by atoms with E-state index in [-0.39, 0.29) is 12.5 Å². The van der Waals surface area contributed by atoms with Gasteiger partial charge in [-0.2, -0.15) is 0 Å². The van der Waals surface area contributed by atoms with Gasteiger partial charge in [0.2, 0.25) is 0 Å². The fraction of sp³-hybridized carbons (Fsp3) is 0.235. The van der Waals surface area contributed by atoms with E-state index in [1.165, 1.54) is 5.56 Å². The molecular formula is C17H17Cl2NO2. The highest BCUT2D eigenvalue weighted by molar-refractivity contribution is 6.42. The van der Waals surface area contributed by atoms with Crippen LogP contribution in [0.2, 0.25) is 10.0 Å². The fourth-order valence-corrected chi connectivity index (χ4v) is 2.60. The highest BCUT2D eigenvalue weighted by Gasteiger charge is 2.09. The molecule has 0 heterocycles. The maximum Gasteiger partial charge on any atom is 0.262 e. The van der Waals surface area contributed by atoms with Crippen molar-refractivity contribution in [2.24, 2.45) is 0 Å². The Hall–Kier alpha value is -1.71. The summed E-state index contributed by atoms with van der Waals surface area (Å²) in [6.45, 7) is 5.89. The highest BCUT2D eigenvalue weighted by atomic mass is 35.5. The largest absolute Gasteiger partial charge is 0.483 e. The molecular weight excluding hydrogens is 321 g/mol. The summed E-state index contributed by atoms with van der Waals surface area (Å²) in [5.74, 6) is 0.493. The number of anilines is 1. The number of hydrogen-bond acceptors (Lipinski definition) is 2.